The molecule has 3 heterocycles. The number of amides is 2. The lowest BCUT2D eigenvalue weighted by molar-refractivity contribution is 0.1000. The maximum Gasteiger partial charge on any atom is 0.312 e. The summed E-state index contributed by atoms with van der Waals surface area (Å²) in [5, 5.41) is 3.34. The SMILES string of the molecule is NC(=O)N[C@H]1C[C@H]2CC[C@@H](C1)N2CCOc1ccc(Oc2nc3cc(F)ccc3s2)cc1. The van der Waals surface area contributed by atoms with E-state index in [1.165, 1.54) is 23.5 Å². The zero-order chi connectivity index (χ0) is 22.1. The van der Waals surface area contributed by atoms with Gasteiger partial charge in [0.25, 0.3) is 5.19 Å². The summed E-state index contributed by atoms with van der Waals surface area (Å²) >= 11 is 1.38. The normalized spacial score (nSPS) is 22.7. The molecule has 5 rings (SSSR count). The van der Waals surface area contributed by atoms with Crippen molar-refractivity contribution in [1.82, 2.24) is 15.2 Å². The van der Waals surface area contributed by atoms with Crippen molar-refractivity contribution in [1.29, 1.82) is 0 Å². The Kier molecular flexibility index (Phi) is 5.84. The monoisotopic (exact) mass is 456 g/mol. The minimum atomic E-state index is -0.435. The Morgan fingerprint density at radius 3 is 2.59 bits per heavy atom. The zero-order valence-corrected chi connectivity index (χ0v) is 18.3. The number of ether oxygens (including phenoxy) is 2. The second-order valence-electron chi connectivity index (χ2n) is 8.31. The average molecular weight is 457 g/mol. The molecule has 1 aromatic heterocycles. The van der Waals surface area contributed by atoms with Crippen LogP contribution in [0.3, 0.4) is 0 Å². The molecule has 2 amide bonds. The first-order chi connectivity index (χ1) is 15.5. The molecular formula is C23H25FN4O3S. The first-order valence-electron chi connectivity index (χ1n) is 10.8. The van der Waals surface area contributed by atoms with Gasteiger partial charge in [-0.15, -0.1) is 0 Å². The molecule has 2 fully saturated rings. The van der Waals surface area contributed by atoms with Crippen LogP contribution in [0.15, 0.2) is 42.5 Å². The Labute approximate surface area is 189 Å². The summed E-state index contributed by atoms with van der Waals surface area (Å²) < 4.78 is 26.0. The highest BCUT2D eigenvalue weighted by atomic mass is 32.1. The third-order valence-corrected chi connectivity index (χ3v) is 7.12. The Morgan fingerprint density at radius 2 is 1.88 bits per heavy atom. The van der Waals surface area contributed by atoms with Gasteiger partial charge in [-0.1, -0.05) is 11.3 Å². The molecule has 2 bridgehead atoms. The highest BCUT2D eigenvalue weighted by molar-refractivity contribution is 7.20. The molecule has 0 spiro atoms. The van der Waals surface area contributed by atoms with Crippen LogP contribution in [0, 0.1) is 5.82 Å². The van der Waals surface area contributed by atoms with Crippen LogP contribution in [0.1, 0.15) is 25.7 Å². The topological polar surface area (TPSA) is 89.7 Å². The van der Waals surface area contributed by atoms with Crippen LogP contribution in [-0.4, -0.2) is 47.2 Å². The summed E-state index contributed by atoms with van der Waals surface area (Å²) in [6.07, 6.45) is 4.21. The van der Waals surface area contributed by atoms with Gasteiger partial charge in [0.15, 0.2) is 0 Å². The van der Waals surface area contributed by atoms with E-state index in [2.05, 4.69) is 15.2 Å². The molecule has 2 aliphatic heterocycles. The number of rotatable bonds is 7. The summed E-state index contributed by atoms with van der Waals surface area (Å²) in [5.41, 5.74) is 5.87. The van der Waals surface area contributed by atoms with Gasteiger partial charge in [0.1, 0.15) is 23.9 Å². The number of carbonyl (C=O) groups is 1. The van der Waals surface area contributed by atoms with Crippen LogP contribution in [0.5, 0.6) is 16.7 Å². The van der Waals surface area contributed by atoms with Gasteiger partial charge < -0.3 is 20.5 Å². The van der Waals surface area contributed by atoms with Gasteiger partial charge in [0.05, 0.1) is 10.2 Å². The molecule has 0 radical (unpaired) electrons. The second-order valence-corrected chi connectivity index (χ2v) is 9.31. The number of urea groups is 1. The van der Waals surface area contributed by atoms with Gasteiger partial charge >= 0.3 is 6.03 Å². The summed E-state index contributed by atoms with van der Waals surface area (Å²) in [5.74, 6) is 1.12. The fraction of sp³-hybridized carbons (Fsp3) is 0.391. The van der Waals surface area contributed by atoms with Crippen molar-refractivity contribution in [2.45, 2.75) is 43.8 Å². The van der Waals surface area contributed by atoms with Crippen molar-refractivity contribution in [3.8, 4) is 16.7 Å². The third-order valence-electron chi connectivity index (χ3n) is 6.21. The van der Waals surface area contributed by atoms with Gasteiger partial charge in [-0.3, -0.25) is 4.90 Å². The Balaban J connectivity index is 1.12. The van der Waals surface area contributed by atoms with Crippen LogP contribution in [0.4, 0.5) is 9.18 Å². The minimum Gasteiger partial charge on any atom is -0.492 e. The van der Waals surface area contributed by atoms with Crippen molar-refractivity contribution in [2.24, 2.45) is 5.73 Å². The Hall–Kier alpha value is -2.91. The highest BCUT2D eigenvalue weighted by Gasteiger charge is 2.40. The zero-order valence-electron chi connectivity index (χ0n) is 17.5. The van der Waals surface area contributed by atoms with E-state index in [1.807, 2.05) is 24.3 Å². The molecule has 3 atom stereocenters. The largest absolute Gasteiger partial charge is 0.492 e. The molecule has 9 heteroatoms. The number of primary amides is 1. The van der Waals surface area contributed by atoms with Gasteiger partial charge in [0.2, 0.25) is 0 Å². The van der Waals surface area contributed by atoms with Crippen LogP contribution in [0.2, 0.25) is 0 Å². The molecule has 3 N–H and O–H groups in total. The fourth-order valence-corrected chi connectivity index (χ4v) is 5.67. The molecule has 168 valence electrons. The number of halogens is 1. The number of hydrogen-bond acceptors (Lipinski definition) is 6. The van der Waals surface area contributed by atoms with Crippen LogP contribution in [0.25, 0.3) is 10.2 Å². The van der Waals surface area contributed by atoms with Gasteiger partial charge in [0, 0.05) is 30.7 Å². The summed E-state index contributed by atoms with van der Waals surface area (Å²) in [6.45, 7) is 1.46. The maximum absolute atomic E-state index is 13.3. The number of carbonyl (C=O) groups excluding carboxylic acids is 1. The molecule has 0 aliphatic carbocycles. The van der Waals surface area contributed by atoms with Gasteiger partial charge in [-0.25, -0.2) is 14.2 Å². The van der Waals surface area contributed by atoms with E-state index in [4.69, 9.17) is 15.2 Å². The molecule has 2 aliphatic rings. The molecule has 0 unspecified atom stereocenters. The van der Waals surface area contributed by atoms with Crippen LogP contribution in [-0.2, 0) is 0 Å². The van der Waals surface area contributed by atoms with Crippen LogP contribution >= 0.6 is 11.3 Å². The number of fused-ring (bicyclic) bond motifs is 3. The van der Waals surface area contributed by atoms with Crippen molar-refractivity contribution in [3.05, 3.63) is 48.3 Å². The number of benzene rings is 2. The van der Waals surface area contributed by atoms with E-state index in [1.54, 1.807) is 6.07 Å². The van der Waals surface area contributed by atoms with Crippen molar-refractivity contribution >= 4 is 27.6 Å². The number of nitrogens with zero attached hydrogens (tertiary/aromatic N) is 2. The Morgan fingerprint density at radius 1 is 1.16 bits per heavy atom. The molecule has 2 aromatic carbocycles. The molecule has 2 saturated heterocycles. The molecular weight excluding hydrogens is 431 g/mol. The predicted octanol–water partition coefficient (Wildman–Crippen LogP) is 4.27. The van der Waals surface area contributed by atoms with E-state index in [0.717, 1.165) is 42.7 Å². The average Bonchev–Trinajstić information content (AvgIpc) is 3.25. The van der Waals surface area contributed by atoms with Crippen molar-refractivity contribution in [2.75, 3.05) is 13.2 Å². The quantitative estimate of drug-likeness (QED) is 0.554. The number of thiazole rings is 1. The summed E-state index contributed by atoms with van der Waals surface area (Å²) in [7, 11) is 0. The molecule has 7 nitrogen and oxygen atoms in total. The van der Waals surface area contributed by atoms with E-state index < -0.39 is 6.03 Å². The number of hydrogen-bond donors (Lipinski definition) is 2. The molecule has 32 heavy (non-hydrogen) atoms. The molecule has 0 saturated carbocycles. The minimum absolute atomic E-state index is 0.184. The third kappa shape index (κ3) is 4.63. The van der Waals surface area contributed by atoms with E-state index in [-0.39, 0.29) is 11.9 Å². The summed E-state index contributed by atoms with van der Waals surface area (Å²) in [4.78, 5) is 18.0. The van der Waals surface area contributed by atoms with E-state index in [9.17, 15) is 9.18 Å². The lowest BCUT2D eigenvalue weighted by atomic mass is 9.97. The number of nitrogens with two attached hydrogens (primary N) is 1. The smallest absolute Gasteiger partial charge is 0.312 e. The number of piperidine rings is 1. The second kappa shape index (κ2) is 8.91. The lowest BCUT2D eigenvalue weighted by Gasteiger charge is -2.38. The Bertz CT molecular complexity index is 1090. The predicted molar refractivity (Wildman–Crippen MR) is 121 cm³/mol. The highest BCUT2D eigenvalue weighted by Crippen LogP contribution is 2.36. The van der Waals surface area contributed by atoms with E-state index in [0.29, 0.717) is 35.2 Å². The number of aromatic nitrogens is 1. The lowest BCUT2D eigenvalue weighted by Crippen LogP contribution is -2.52. The first kappa shape index (κ1) is 21.0. The fourth-order valence-electron chi connectivity index (χ4n) is 4.86. The maximum atomic E-state index is 13.3. The standard InChI is InChI=1S/C23H25FN4O3S/c24-14-1-8-21-20(11-14)27-23(32-21)31-19-6-4-18(5-7-19)30-10-9-28-16-2-3-17(28)13-15(12-16)26-22(25)29/h1,4-8,11,15-17H,2-3,9-10,12-13H2,(H3,25,26,29)/t15-,16+,17-. The first-order valence-corrected chi connectivity index (χ1v) is 11.6. The van der Waals surface area contributed by atoms with E-state index >= 15 is 0 Å². The van der Waals surface area contributed by atoms with Gasteiger partial charge in [-0.05, 0) is 62.1 Å². The van der Waals surface area contributed by atoms with Crippen molar-refractivity contribution < 1.29 is 18.7 Å². The van der Waals surface area contributed by atoms with Crippen LogP contribution < -0.4 is 20.5 Å². The number of nitrogens with one attached hydrogen (secondary N) is 1. The molecule has 3 aromatic rings. The van der Waals surface area contributed by atoms with Crippen molar-refractivity contribution in [3.63, 3.8) is 0 Å². The summed E-state index contributed by atoms with van der Waals surface area (Å²) in [6, 6.07) is 12.7. The van der Waals surface area contributed by atoms with Gasteiger partial charge in [-0.2, -0.15) is 0 Å².